The second-order valence-corrected chi connectivity index (χ2v) is 13.3. The highest BCUT2D eigenvalue weighted by atomic mass is 16.8. The fourth-order valence-corrected chi connectivity index (χ4v) is 6.73. The molecule has 1 aromatic rings. The number of rotatable bonds is 17. The van der Waals surface area contributed by atoms with Gasteiger partial charge in [-0.2, -0.15) is 0 Å². The minimum Gasteiger partial charge on any atom is -0.479 e. The van der Waals surface area contributed by atoms with Crippen molar-refractivity contribution in [3.63, 3.8) is 0 Å². The molecular weight excluding hydrogens is 656 g/mol. The molecule has 50 heavy (non-hydrogen) atoms. The highest BCUT2D eigenvalue weighted by Crippen LogP contribution is 2.56. The predicted octanol–water partition coefficient (Wildman–Crippen LogP) is 2.97. The molecule has 2 heterocycles. The van der Waals surface area contributed by atoms with E-state index in [0.717, 1.165) is 31.6 Å². The van der Waals surface area contributed by atoms with E-state index in [4.69, 9.17) is 18.9 Å². The Balaban J connectivity index is 2.04. The lowest BCUT2D eigenvalue weighted by Gasteiger charge is -2.49. The Kier molecular flexibility index (Phi) is 13.1. The van der Waals surface area contributed by atoms with Crippen LogP contribution >= 0.6 is 0 Å². The van der Waals surface area contributed by atoms with Gasteiger partial charge >= 0.3 is 29.8 Å². The number of methoxy groups -OCH3 is 1. The fourth-order valence-electron chi connectivity index (χ4n) is 6.73. The molecule has 0 aliphatic carbocycles. The van der Waals surface area contributed by atoms with Crippen LogP contribution in [0.2, 0.25) is 0 Å². The first-order valence-electron chi connectivity index (χ1n) is 16.5. The molecule has 14 nitrogen and oxygen atoms in total. The van der Waals surface area contributed by atoms with Gasteiger partial charge in [0.2, 0.25) is 23.1 Å². The maximum atomic E-state index is 13.1. The molecule has 1 aromatic carbocycles. The Bertz CT molecular complexity index is 1460. The Morgan fingerprint density at radius 2 is 1.72 bits per heavy atom. The smallest absolute Gasteiger partial charge is 0.345 e. The van der Waals surface area contributed by atoms with Gasteiger partial charge in [0.15, 0.2) is 6.10 Å². The molecule has 0 amide bonds. The molecule has 2 fully saturated rings. The zero-order chi connectivity index (χ0) is 37.6. The number of allylic oxidation sites excluding steroid dienone is 1. The fraction of sp³-hybridized carbons (Fsp3) is 0.583. The Labute approximate surface area is 291 Å². The number of carboxylic acids is 2. The zero-order valence-corrected chi connectivity index (χ0v) is 29.2. The van der Waals surface area contributed by atoms with E-state index in [9.17, 15) is 44.4 Å². The van der Waals surface area contributed by atoms with Crippen LogP contribution in [0.5, 0.6) is 0 Å². The number of aliphatic hydroxyl groups is 2. The van der Waals surface area contributed by atoms with Crippen LogP contribution in [0.1, 0.15) is 65.9 Å². The van der Waals surface area contributed by atoms with Crippen LogP contribution < -0.4 is 0 Å². The highest BCUT2D eigenvalue weighted by Gasteiger charge is 2.86. The minimum atomic E-state index is -3.67. The number of fused-ring (bicyclic) bond motifs is 2. The van der Waals surface area contributed by atoms with Gasteiger partial charge in [0, 0.05) is 25.3 Å². The molecule has 0 unspecified atom stereocenters. The zero-order valence-electron chi connectivity index (χ0n) is 29.2. The summed E-state index contributed by atoms with van der Waals surface area (Å²) in [6.07, 6.45) is -4.36. The van der Waals surface area contributed by atoms with Gasteiger partial charge in [-0.1, -0.05) is 77.1 Å². The molecule has 2 bridgehead atoms. The van der Waals surface area contributed by atoms with E-state index in [0.29, 0.717) is 12.3 Å². The van der Waals surface area contributed by atoms with E-state index in [-0.39, 0.29) is 23.8 Å². The normalized spacial score (nSPS) is 29.7. The lowest BCUT2D eigenvalue weighted by atomic mass is 9.74. The van der Waals surface area contributed by atoms with Crippen LogP contribution in [-0.2, 0) is 54.1 Å². The van der Waals surface area contributed by atoms with Crippen molar-refractivity contribution in [3.05, 3.63) is 60.2 Å². The molecule has 4 N–H and O–H groups in total. The summed E-state index contributed by atoms with van der Waals surface area (Å²) in [6.45, 7) is 13.0. The highest BCUT2D eigenvalue weighted by molar-refractivity contribution is 5.98. The van der Waals surface area contributed by atoms with Crippen LogP contribution in [0, 0.1) is 17.8 Å². The van der Waals surface area contributed by atoms with Gasteiger partial charge in [-0.05, 0) is 42.2 Å². The maximum Gasteiger partial charge on any atom is 0.345 e. The van der Waals surface area contributed by atoms with E-state index in [1.54, 1.807) is 0 Å². The molecule has 2 aliphatic heterocycles. The second kappa shape index (κ2) is 16.3. The van der Waals surface area contributed by atoms with E-state index in [1.807, 2.05) is 58.0 Å². The number of carboxylic acid groups (broad SMARTS) is 2. The standard InChI is InChI=1S/C36H48O14/c1-8-20(2)18-21(3)14-15-26(38)48-29-28(39)34(49-30(31(40)41)35(45,33(44)46-7)36(29,50-34)32(42)43)17-16-22(4)27(47-24(6)37)23(5)19-25-12-10-9-11-13-25/h9-15,20-21,23,27-30,39,45H,4,8,16-19H2,1-3,5-7H3,(H,40,41)(H,42,43)/b15-14+/t20-,21+,23+,27+,28+,29+,30+,34-,35+,36-/m0/s1. The van der Waals surface area contributed by atoms with E-state index in [1.165, 1.54) is 13.0 Å². The number of esters is 3. The Hall–Kier alpha value is -4.11. The van der Waals surface area contributed by atoms with Gasteiger partial charge in [0.05, 0.1) is 7.11 Å². The molecular formula is C36H48O14. The summed E-state index contributed by atoms with van der Waals surface area (Å²) >= 11 is 0. The third-order valence-electron chi connectivity index (χ3n) is 9.46. The first kappa shape index (κ1) is 40.3. The molecule has 2 saturated heterocycles. The molecule has 14 heteroatoms. The summed E-state index contributed by atoms with van der Waals surface area (Å²) in [4.78, 5) is 64.0. The molecule has 10 atom stereocenters. The number of hydrogen-bond donors (Lipinski definition) is 4. The van der Waals surface area contributed by atoms with Gasteiger partial charge in [-0.25, -0.2) is 19.2 Å². The SMILES string of the molecule is C=C(CC[C@]12O[C@H](C(=O)O)[C@@](O)(C(=O)OC)[C@](C(=O)O)(O1)[C@H](OC(=O)/C=C/[C@@H](C)C[C@@H](C)CC)[C@H]2O)[C@@H](OC(C)=O)[C@H](C)Cc1ccccc1. The van der Waals surface area contributed by atoms with E-state index in [2.05, 4.69) is 11.3 Å². The summed E-state index contributed by atoms with van der Waals surface area (Å²) in [6, 6.07) is 9.35. The largest absolute Gasteiger partial charge is 0.479 e. The molecule has 0 aromatic heterocycles. The number of hydrogen-bond acceptors (Lipinski definition) is 12. The van der Waals surface area contributed by atoms with Crippen LogP contribution in [0.25, 0.3) is 0 Å². The van der Waals surface area contributed by atoms with Gasteiger partial charge in [0.1, 0.15) is 12.2 Å². The first-order chi connectivity index (χ1) is 23.4. The van der Waals surface area contributed by atoms with Crippen molar-refractivity contribution in [1.82, 2.24) is 0 Å². The van der Waals surface area contributed by atoms with Crippen molar-refractivity contribution >= 4 is 29.8 Å². The van der Waals surface area contributed by atoms with Crippen molar-refractivity contribution in [1.29, 1.82) is 0 Å². The van der Waals surface area contributed by atoms with Gasteiger partial charge in [-0.3, -0.25) is 4.79 Å². The number of ether oxygens (including phenoxy) is 5. The van der Waals surface area contributed by atoms with Crippen molar-refractivity contribution < 1.29 is 68.1 Å². The average Bonchev–Trinajstić information content (AvgIpc) is 3.28. The summed E-state index contributed by atoms with van der Waals surface area (Å²) in [7, 11) is 0.764. The van der Waals surface area contributed by atoms with Crippen LogP contribution in [-0.4, -0.2) is 98.8 Å². The van der Waals surface area contributed by atoms with Crippen molar-refractivity contribution in [2.75, 3.05) is 7.11 Å². The third-order valence-corrected chi connectivity index (χ3v) is 9.46. The molecule has 3 rings (SSSR count). The number of benzene rings is 1. The van der Waals surface area contributed by atoms with Crippen LogP contribution in [0.3, 0.4) is 0 Å². The van der Waals surface area contributed by atoms with Crippen molar-refractivity contribution in [2.45, 2.75) is 108 Å². The van der Waals surface area contributed by atoms with Gasteiger partial charge < -0.3 is 44.1 Å². The third kappa shape index (κ3) is 7.93. The van der Waals surface area contributed by atoms with E-state index >= 15 is 0 Å². The number of aliphatic hydroxyl groups excluding tert-OH is 1. The Morgan fingerprint density at radius 3 is 2.26 bits per heavy atom. The van der Waals surface area contributed by atoms with Crippen molar-refractivity contribution in [3.8, 4) is 0 Å². The number of carbonyl (C=O) groups is 5. The van der Waals surface area contributed by atoms with Crippen molar-refractivity contribution in [2.24, 2.45) is 17.8 Å². The lowest BCUT2D eigenvalue weighted by Crippen LogP contribution is -2.78. The maximum absolute atomic E-state index is 13.1. The molecule has 0 spiro atoms. The number of aliphatic carboxylic acids is 2. The summed E-state index contributed by atoms with van der Waals surface area (Å²) in [5.74, 6) is -10.4. The minimum absolute atomic E-state index is 0.103. The van der Waals surface area contributed by atoms with Gasteiger partial charge in [0.25, 0.3) is 0 Å². The monoisotopic (exact) mass is 704 g/mol. The van der Waals surface area contributed by atoms with Gasteiger partial charge in [-0.15, -0.1) is 0 Å². The van der Waals surface area contributed by atoms with E-state index < -0.39 is 77.7 Å². The summed E-state index contributed by atoms with van der Waals surface area (Å²) in [5.41, 5.74) is -5.87. The predicted molar refractivity (Wildman–Crippen MR) is 175 cm³/mol. The second-order valence-electron chi connectivity index (χ2n) is 13.3. The topological polar surface area (TPSA) is 212 Å². The molecule has 2 aliphatic rings. The number of carbonyl (C=O) groups excluding carboxylic acids is 3. The lowest BCUT2D eigenvalue weighted by molar-refractivity contribution is -0.374. The van der Waals surface area contributed by atoms with Crippen LogP contribution in [0.4, 0.5) is 0 Å². The average molecular weight is 705 g/mol. The van der Waals surface area contributed by atoms with Crippen LogP contribution in [0.15, 0.2) is 54.6 Å². The quantitative estimate of drug-likeness (QED) is 0.0795. The summed E-state index contributed by atoms with van der Waals surface area (Å²) in [5, 5.41) is 44.2. The molecule has 0 saturated carbocycles. The summed E-state index contributed by atoms with van der Waals surface area (Å²) < 4.78 is 27.1. The molecule has 0 radical (unpaired) electrons. The molecule has 276 valence electrons. The first-order valence-corrected chi connectivity index (χ1v) is 16.5. The Morgan fingerprint density at radius 1 is 1.08 bits per heavy atom.